The van der Waals surface area contributed by atoms with Crippen LogP contribution < -0.4 is 16.4 Å². The van der Waals surface area contributed by atoms with Crippen LogP contribution in [0, 0.1) is 6.92 Å². The minimum absolute atomic E-state index is 0.0745. The first kappa shape index (κ1) is 18.1. The van der Waals surface area contributed by atoms with Gasteiger partial charge in [0.2, 0.25) is 0 Å². The molecule has 1 saturated carbocycles. The SMILES string of the molecule is Cc1cc(C(=O)NC2CCC(N)CC2)ccc1NC(=O)c1ccccc1. The summed E-state index contributed by atoms with van der Waals surface area (Å²) in [5.41, 5.74) is 8.68. The molecule has 0 atom stereocenters. The number of aryl methyl sites for hydroxylation is 1. The van der Waals surface area contributed by atoms with Gasteiger partial charge in [-0.05, 0) is 68.5 Å². The third kappa shape index (κ3) is 4.49. The van der Waals surface area contributed by atoms with Gasteiger partial charge in [0.05, 0.1) is 0 Å². The number of carbonyl (C=O) groups is 2. The van der Waals surface area contributed by atoms with Crippen molar-refractivity contribution in [1.82, 2.24) is 5.32 Å². The molecule has 0 heterocycles. The maximum Gasteiger partial charge on any atom is 0.255 e. The molecule has 2 aromatic rings. The van der Waals surface area contributed by atoms with Crippen molar-refractivity contribution in [3.05, 3.63) is 65.2 Å². The smallest absolute Gasteiger partial charge is 0.255 e. The molecule has 0 saturated heterocycles. The van der Waals surface area contributed by atoms with Gasteiger partial charge in [0.15, 0.2) is 0 Å². The van der Waals surface area contributed by atoms with Crippen LogP contribution in [0.1, 0.15) is 52.0 Å². The molecule has 4 N–H and O–H groups in total. The monoisotopic (exact) mass is 351 g/mol. The molecular weight excluding hydrogens is 326 g/mol. The average Bonchev–Trinajstić information content (AvgIpc) is 2.66. The largest absolute Gasteiger partial charge is 0.349 e. The summed E-state index contributed by atoms with van der Waals surface area (Å²) in [6.07, 6.45) is 3.76. The lowest BCUT2D eigenvalue weighted by molar-refractivity contribution is 0.0925. The molecule has 3 rings (SSSR count). The molecule has 2 aromatic carbocycles. The van der Waals surface area contributed by atoms with Crippen molar-refractivity contribution >= 4 is 17.5 Å². The van der Waals surface area contributed by atoms with Gasteiger partial charge in [-0.2, -0.15) is 0 Å². The third-order valence-electron chi connectivity index (χ3n) is 4.88. The molecule has 5 heteroatoms. The van der Waals surface area contributed by atoms with Gasteiger partial charge in [0.1, 0.15) is 0 Å². The highest BCUT2D eigenvalue weighted by atomic mass is 16.2. The van der Waals surface area contributed by atoms with Gasteiger partial charge in [-0.15, -0.1) is 0 Å². The summed E-state index contributed by atoms with van der Waals surface area (Å²) in [6, 6.07) is 14.9. The summed E-state index contributed by atoms with van der Waals surface area (Å²) in [4.78, 5) is 24.7. The van der Waals surface area contributed by atoms with Crippen molar-refractivity contribution in [1.29, 1.82) is 0 Å². The maximum absolute atomic E-state index is 12.5. The topological polar surface area (TPSA) is 84.2 Å². The van der Waals surface area contributed by atoms with Crippen LogP contribution in [0.5, 0.6) is 0 Å². The minimum atomic E-state index is -0.163. The van der Waals surface area contributed by atoms with E-state index in [1.54, 1.807) is 24.3 Å². The number of hydrogen-bond donors (Lipinski definition) is 3. The molecule has 2 amide bonds. The van der Waals surface area contributed by atoms with Crippen LogP contribution >= 0.6 is 0 Å². The Kier molecular flexibility index (Phi) is 5.68. The second kappa shape index (κ2) is 8.15. The van der Waals surface area contributed by atoms with Crippen LogP contribution in [0.15, 0.2) is 48.5 Å². The number of anilines is 1. The molecule has 136 valence electrons. The van der Waals surface area contributed by atoms with Crippen molar-refractivity contribution in [2.75, 3.05) is 5.32 Å². The number of carbonyl (C=O) groups excluding carboxylic acids is 2. The number of benzene rings is 2. The second-order valence-electron chi connectivity index (χ2n) is 6.94. The van der Waals surface area contributed by atoms with Gasteiger partial charge in [0.25, 0.3) is 11.8 Å². The fraction of sp³-hybridized carbons (Fsp3) is 0.333. The standard InChI is InChI=1S/C21H25N3O2/c1-14-13-16(21(26)23-18-10-8-17(22)9-11-18)7-12-19(14)24-20(25)15-5-3-2-4-6-15/h2-7,12-13,17-18H,8-11,22H2,1H3,(H,23,26)(H,24,25). The highest BCUT2D eigenvalue weighted by Gasteiger charge is 2.20. The van der Waals surface area contributed by atoms with Crippen molar-refractivity contribution in [3.8, 4) is 0 Å². The van der Waals surface area contributed by atoms with Crippen molar-refractivity contribution in [3.63, 3.8) is 0 Å². The predicted molar refractivity (Wildman–Crippen MR) is 103 cm³/mol. The molecule has 0 bridgehead atoms. The van der Waals surface area contributed by atoms with E-state index >= 15 is 0 Å². The van der Waals surface area contributed by atoms with E-state index in [0.29, 0.717) is 16.8 Å². The van der Waals surface area contributed by atoms with Crippen molar-refractivity contribution < 1.29 is 9.59 Å². The zero-order valence-electron chi connectivity index (χ0n) is 15.0. The van der Waals surface area contributed by atoms with E-state index in [9.17, 15) is 9.59 Å². The predicted octanol–water partition coefficient (Wildman–Crippen LogP) is 3.25. The Hall–Kier alpha value is -2.66. The summed E-state index contributed by atoms with van der Waals surface area (Å²) >= 11 is 0. The molecule has 1 aliphatic rings. The van der Waals surface area contributed by atoms with Crippen molar-refractivity contribution in [2.24, 2.45) is 5.73 Å². The lowest BCUT2D eigenvalue weighted by atomic mass is 9.91. The fourth-order valence-electron chi connectivity index (χ4n) is 3.26. The third-order valence-corrected chi connectivity index (χ3v) is 4.88. The van der Waals surface area contributed by atoms with Gasteiger partial charge in [0, 0.05) is 28.9 Å². The molecule has 26 heavy (non-hydrogen) atoms. The van der Waals surface area contributed by atoms with Gasteiger partial charge in [-0.1, -0.05) is 18.2 Å². The Labute approximate surface area is 154 Å². The first-order chi connectivity index (χ1) is 12.5. The molecule has 1 aliphatic carbocycles. The molecule has 0 aliphatic heterocycles. The lowest BCUT2D eigenvalue weighted by Gasteiger charge is -2.26. The van der Waals surface area contributed by atoms with Gasteiger partial charge in [-0.25, -0.2) is 0 Å². The Morgan fingerprint density at radius 1 is 0.923 bits per heavy atom. The van der Waals surface area contributed by atoms with Crippen molar-refractivity contribution in [2.45, 2.75) is 44.7 Å². The molecule has 1 fully saturated rings. The molecule has 5 nitrogen and oxygen atoms in total. The zero-order valence-corrected chi connectivity index (χ0v) is 15.0. The van der Waals surface area contributed by atoms with E-state index in [-0.39, 0.29) is 23.9 Å². The number of nitrogens with one attached hydrogen (secondary N) is 2. The van der Waals surface area contributed by atoms with E-state index in [4.69, 9.17) is 5.73 Å². The Bertz CT molecular complexity index is 781. The molecule has 0 unspecified atom stereocenters. The summed E-state index contributed by atoms with van der Waals surface area (Å²) in [7, 11) is 0. The Morgan fingerprint density at radius 3 is 2.27 bits per heavy atom. The number of amides is 2. The van der Waals surface area contributed by atoms with Gasteiger partial charge >= 0.3 is 0 Å². The fourth-order valence-corrected chi connectivity index (χ4v) is 3.26. The average molecular weight is 351 g/mol. The normalized spacial score (nSPS) is 19.6. The maximum atomic E-state index is 12.5. The van der Waals surface area contributed by atoms with E-state index in [1.807, 2.05) is 31.2 Å². The summed E-state index contributed by atoms with van der Waals surface area (Å²) < 4.78 is 0. The van der Waals surface area contributed by atoms with E-state index in [0.717, 1.165) is 31.2 Å². The quantitative estimate of drug-likeness (QED) is 0.790. The van der Waals surface area contributed by atoms with Crippen LogP contribution in [0.3, 0.4) is 0 Å². The number of rotatable bonds is 4. The second-order valence-corrected chi connectivity index (χ2v) is 6.94. The van der Waals surface area contributed by atoms with E-state index in [2.05, 4.69) is 10.6 Å². The van der Waals surface area contributed by atoms with Gasteiger partial charge in [-0.3, -0.25) is 9.59 Å². The van der Waals surface area contributed by atoms with E-state index < -0.39 is 0 Å². The highest BCUT2D eigenvalue weighted by molar-refractivity contribution is 6.05. The first-order valence-electron chi connectivity index (χ1n) is 9.06. The lowest BCUT2D eigenvalue weighted by Crippen LogP contribution is -2.40. The molecule has 0 spiro atoms. The molecular formula is C21H25N3O2. The van der Waals surface area contributed by atoms with Crippen LogP contribution in [0.25, 0.3) is 0 Å². The van der Waals surface area contributed by atoms with E-state index in [1.165, 1.54) is 0 Å². The van der Waals surface area contributed by atoms with Crippen LogP contribution in [0.2, 0.25) is 0 Å². The van der Waals surface area contributed by atoms with Crippen LogP contribution in [-0.2, 0) is 0 Å². The Balaban J connectivity index is 1.63. The minimum Gasteiger partial charge on any atom is -0.349 e. The molecule has 0 aromatic heterocycles. The van der Waals surface area contributed by atoms with Crippen LogP contribution in [0.4, 0.5) is 5.69 Å². The number of hydrogen-bond acceptors (Lipinski definition) is 3. The van der Waals surface area contributed by atoms with Crippen LogP contribution in [-0.4, -0.2) is 23.9 Å². The molecule has 0 radical (unpaired) electrons. The number of nitrogens with two attached hydrogens (primary N) is 1. The summed E-state index contributed by atoms with van der Waals surface area (Å²) in [6.45, 7) is 1.89. The summed E-state index contributed by atoms with van der Waals surface area (Å²) in [5, 5.41) is 5.98. The zero-order chi connectivity index (χ0) is 18.5. The first-order valence-corrected chi connectivity index (χ1v) is 9.06. The summed E-state index contributed by atoms with van der Waals surface area (Å²) in [5.74, 6) is -0.237. The Morgan fingerprint density at radius 2 is 1.62 bits per heavy atom. The van der Waals surface area contributed by atoms with Gasteiger partial charge < -0.3 is 16.4 Å². The highest BCUT2D eigenvalue weighted by Crippen LogP contribution is 2.20.